The number of aromatic amines is 2. The lowest BCUT2D eigenvalue weighted by Gasteiger charge is -2.20. The summed E-state index contributed by atoms with van der Waals surface area (Å²) in [5.41, 5.74) is 1.40. The Kier molecular flexibility index (Phi) is 5.74. The van der Waals surface area contributed by atoms with Gasteiger partial charge in [0.2, 0.25) is 0 Å². The first-order valence-corrected chi connectivity index (χ1v) is 7.60. The molecule has 0 aliphatic heterocycles. The molecule has 1 heterocycles. The zero-order chi connectivity index (χ0) is 18.6. The molecule has 2 aromatic rings. The molecule has 2 N–H and O–H groups in total. The average molecular weight is 350 g/mol. The van der Waals surface area contributed by atoms with E-state index in [1.807, 2.05) is 0 Å². The number of nitrogens with one attached hydrogen (secondary N) is 2. The van der Waals surface area contributed by atoms with E-state index in [0.29, 0.717) is 34.1 Å². The predicted octanol–water partition coefficient (Wildman–Crippen LogP) is 1.73. The summed E-state index contributed by atoms with van der Waals surface area (Å²) in [6.07, 6.45) is -0.0237. The van der Waals surface area contributed by atoms with Gasteiger partial charge in [0.05, 0.1) is 34.9 Å². The first-order valence-electron chi connectivity index (χ1n) is 7.60. The van der Waals surface area contributed by atoms with E-state index < -0.39 is 11.9 Å². The maximum atomic E-state index is 12.3. The van der Waals surface area contributed by atoms with Crippen LogP contribution in [0, 0.1) is 6.92 Å². The third-order valence-electron chi connectivity index (χ3n) is 4.07. The quantitative estimate of drug-likeness (QED) is 0.737. The van der Waals surface area contributed by atoms with Crippen LogP contribution < -0.4 is 19.8 Å². The maximum absolute atomic E-state index is 12.3. The molecule has 0 radical (unpaired) electrons. The molecular weight excluding hydrogens is 328 g/mol. The topological polar surface area (TPSA) is 103 Å². The van der Waals surface area contributed by atoms with Gasteiger partial charge in [-0.2, -0.15) is 0 Å². The summed E-state index contributed by atoms with van der Waals surface area (Å²) in [6.45, 7) is 1.75. The molecule has 0 saturated heterocycles. The monoisotopic (exact) mass is 350 g/mol. The van der Waals surface area contributed by atoms with E-state index in [1.165, 1.54) is 28.4 Å². The van der Waals surface area contributed by atoms with Crippen molar-refractivity contribution in [2.75, 3.05) is 28.4 Å². The molecule has 0 bridgehead atoms. The largest absolute Gasteiger partial charge is 0.496 e. The summed E-state index contributed by atoms with van der Waals surface area (Å²) >= 11 is 0. The predicted molar refractivity (Wildman–Crippen MR) is 90.7 cm³/mol. The Morgan fingerprint density at radius 1 is 1.00 bits per heavy atom. The zero-order valence-corrected chi connectivity index (χ0v) is 14.9. The summed E-state index contributed by atoms with van der Waals surface area (Å²) in [5, 5.41) is 5.32. The number of ether oxygens (including phenoxy) is 4. The van der Waals surface area contributed by atoms with Crippen LogP contribution in [-0.4, -0.2) is 44.6 Å². The van der Waals surface area contributed by atoms with Crippen LogP contribution in [0.1, 0.15) is 29.2 Å². The lowest BCUT2D eigenvalue weighted by Crippen LogP contribution is -2.18. The van der Waals surface area contributed by atoms with Crippen molar-refractivity contribution in [3.63, 3.8) is 0 Å². The van der Waals surface area contributed by atoms with E-state index in [4.69, 9.17) is 18.9 Å². The number of H-pyrrole nitrogens is 2. The molecule has 1 atom stereocenters. The van der Waals surface area contributed by atoms with Crippen molar-refractivity contribution >= 4 is 5.97 Å². The number of aromatic nitrogens is 2. The Balaban J connectivity index is 2.69. The van der Waals surface area contributed by atoms with Crippen molar-refractivity contribution < 1.29 is 23.7 Å². The van der Waals surface area contributed by atoms with Crippen molar-refractivity contribution in [3.05, 3.63) is 39.3 Å². The Morgan fingerprint density at radius 2 is 1.60 bits per heavy atom. The van der Waals surface area contributed by atoms with Crippen LogP contribution in [0.15, 0.2) is 16.9 Å². The number of esters is 1. The fourth-order valence-electron chi connectivity index (χ4n) is 2.82. The molecule has 1 aromatic heterocycles. The minimum Gasteiger partial charge on any atom is -0.496 e. The van der Waals surface area contributed by atoms with Gasteiger partial charge in [-0.05, 0) is 13.0 Å². The Labute approximate surface area is 145 Å². The standard InChI is InChI=1S/C17H22N2O6/c1-9-16(17(21)19-18-9)11(7-15(20)25-5)10-6-13(23-3)14(24-4)8-12(10)22-2/h6,8,11H,7H2,1-5H3,(H2,18,19,21). The van der Waals surface area contributed by atoms with Crippen molar-refractivity contribution in [3.8, 4) is 17.2 Å². The van der Waals surface area contributed by atoms with Crippen LogP contribution >= 0.6 is 0 Å². The van der Waals surface area contributed by atoms with E-state index >= 15 is 0 Å². The van der Waals surface area contributed by atoms with Crippen LogP contribution in [0.25, 0.3) is 0 Å². The molecule has 1 aromatic carbocycles. The molecule has 1 unspecified atom stereocenters. The van der Waals surface area contributed by atoms with Crippen LogP contribution in [-0.2, 0) is 9.53 Å². The first kappa shape index (κ1) is 18.4. The lowest BCUT2D eigenvalue weighted by molar-refractivity contribution is -0.140. The molecule has 8 heteroatoms. The van der Waals surface area contributed by atoms with Gasteiger partial charge in [-0.3, -0.25) is 14.7 Å². The van der Waals surface area contributed by atoms with Gasteiger partial charge in [0.1, 0.15) is 5.75 Å². The molecule has 0 aliphatic carbocycles. The Hall–Kier alpha value is -2.90. The summed E-state index contributed by atoms with van der Waals surface area (Å²) in [5.74, 6) is 0.419. The Bertz CT molecular complexity index is 808. The molecule has 0 amide bonds. The number of rotatable bonds is 7. The number of methoxy groups -OCH3 is 4. The van der Waals surface area contributed by atoms with Gasteiger partial charge < -0.3 is 24.0 Å². The molecule has 0 saturated carbocycles. The lowest BCUT2D eigenvalue weighted by atomic mass is 9.87. The molecule has 8 nitrogen and oxygen atoms in total. The molecule has 2 rings (SSSR count). The summed E-state index contributed by atoms with van der Waals surface area (Å²) in [7, 11) is 5.84. The zero-order valence-electron chi connectivity index (χ0n) is 14.9. The third-order valence-corrected chi connectivity index (χ3v) is 4.07. The van der Waals surface area contributed by atoms with Crippen molar-refractivity contribution in [1.29, 1.82) is 0 Å². The van der Waals surface area contributed by atoms with Crippen LogP contribution in [0.4, 0.5) is 0 Å². The minimum atomic E-state index is -0.572. The SMILES string of the molecule is COC(=O)CC(c1cc(OC)c(OC)cc1OC)c1c(C)[nH][nH]c1=O. The van der Waals surface area contributed by atoms with Gasteiger partial charge in [-0.25, -0.2) is 0 Å². The minimum absolute atomic E-state index is 0.0237. The number of hydrogen-bond donors (Lipinski definition) is 2. The van der Waals surface area contributed by atoms with Crippen LogP contribution in [0.3, 0.4) is 0 Å². The van der Waals surface area contributed by atoms with Crippen LogP contribution in [0.2, 0.25) is 0 Å². The van der Waals surface area contributed by atoms with E-state index in [1.54, 1.807) is 19.1 Å². The summed E-state index contributed by atoms with van der Waals surface area (Å²) < 4.78 is 20.9. The van der Waals surface area contributed by atoms with Gasteiger partial charge >= 0.3 is 5.97 Å². The van der Waals surface area contributed by atoms with Gasteiger partial charge in [0.15, 0.2) is 11.5 Å². The number of carbonyl (C=O) groups is 1. The first-order chi connectivity index (χ1) is 12.0. The van der Waals surface area contributed by atoms with Gasteiger partial charge in [0.25, 0.3) is 5.56 Å². The number of aryl methyl sites for hydroxylation is 1. The highest BCUT2D eigenvalue weighted by Crippen LogP contribution is 2.41. The highest BCUT2D eigenvalue weighted by molar-refractivity contribution is 5.72. The maximum Gasteiger partial charge on any atom is 0.306 e. The molecule has 0 spiro atoms. The van der Waals surface area contributed by atoms with E-state index in [9.17, 15) is 9.59 Å². The second kappa shape index (κ2) is 7.78. The second-order valence-corrected chi connectivity index (χ2v) is 5.40. The van der Waals surface area contributed by atoms with Crippen molar-refractivity contribution in [2.45, 2.75) is 19.3 Å². The van der Waals surface area contributed by atoms with Crippen LogP contribution in [0.5, 0.6) is 17.2 Å². The van der Waals surface area contributed by atoms with Crippen molar-refractivity contribution in [2.24, 2.45) is 0 Å². The fourth-order valence-corrected chi connectivity index (χ4v) is 2.82. The van der Waals surface area contributed by atoms with Gasteiger partial charge in [0, 0.05) is 28.8 Å². The molecular formula is C17H22N2O6. The number of hydrogen-bond acceptors (Lipinski definition) is 6. The smallest absolute Gasteiger partial charge is 0.306 e. The van der Waals surface area contributed by atoms with Crippen molar-refractivity contribution in [1.82, 2.24) is 10.2 Å². The van der Waals surface area contributed by atoms with E-state index in [-0.39, 0.29) is 12.0 Å². The number of carbonyl (C=O) groups excluding carboxylic acids is 1. The van der Waals surface area contributed by atoms with Gasteiger partial charge in [-0.1, -0.05) is 0 Å². The van der Waals surface area contributed by atoms with E-state index in [2.05, 4.69) is 10.2 Å². The normalized spacial score (nSPS) is 11.7. The van der Waals surface area contributed by atoms with E-state index in [0.717, 1.165) is 0 Å². The second-order valence-electron chi connectivity index (χ2n) is 5.40. The summed E-state index contributed by atoms with van der Waals surface area (Å²) in [4.78, 5) is 24.2. The molecule has 0 fully saturated rings. The third kappa shape index (κ3) is 3.62. The fraction of sp³-hybridized carbons (Fsp3) is 0.412. The molecule has 136 valence electrons. The number of benzene rings is 1. The van der Waals surface area contributed by atoms with Gasteiger partial charge in [-0.15, -0.1) is 0 Å². The summed E-state index contributed by atoms with van der Waals surface area (Å²) in [6, 6.07) is 3.37. The average Bonchev–Trinajstić information content (AvgIpc) is 2.96. The molecule has 0 aliphatic rings. The Morgan fingerprint density at radius 3 is 2.08 bits per heavy atom. The molecule has 25 heavy (non-hydrogen) atoms. The highest BCUT2D eigenvalue weighted by Gasteiger charge is 2.28. The highest BCUT2D eigenvalue weighted by atomic mass is 16.5.